The molecule has 0 spiro atoms. The standard InChI is InChI=1S/C14H9BrFN3O2/c15-8-4-11-10(5-9(8)16)18-14(17)19(11)7-1-2-12-13(3-7)21-6-20-12/h1-5H,6H2,(H2,17,18). The second-order valence-electron chi connectivity index (χ2n) is 4.60. The molecule has 0 fully saturated rings. The van der Waals surface area contributed by atoms with Crippen molar-refractivity contribution in [3.05, 3.63) is 40.6 Å². The van der Waals surface area contributed by atoms with E-state index < -0.39 is 0 Å². The number of hydrogen-bond acceptors (Lipinski definition) is 4. The van der Waals surface area contributed by atoms with Gasteiger partial charge in [0.15, 0.2) is 11.5 Å². The van der Waals surface area contributed by atoms with Gasteiger partial charge in [-0.15, -0.1) is 0 Å². The molecule has 0 aliphatic carbocycles. The normalized spacial score (nSPS) is 13.0. The second kappa shape index (κ2) is 4.36. The molecule has 2 heterocycles. The van der Waals surface area contributed by atoms with Gasteiger partial charge in [-0.2, -0.15) is 0 Å². The van der Waals surface area contributed by atoms with E-state index in [0.717, 1.165) is 5.69 Å². The van der Waals surface area contributed by atoms with Crippen LogP contribution in [0.1, 0.15) is 0 Å². The summed E-state index contributed by atoms with van der Waals surface area (Å²) in [5.74, 6) is 1.24. The molecule has 106 valence electrons. The van der Waals surface area contributed by atoms with Crippen LogP contribution in [0.5, 0.6) is 11.5 Å². The molecule has 4 rings (SSSR count). The SMILES string of the molecule is Nc1nc2cc(F)c(Br)cc2n1-c1ccc2c(c1)OCO2. The molecule has 7 heteroatoms. The average Bonchev–Trinajstić information content (AvgIpc) is 3.02. The minimum Gasteiger partial charge on any atom is -0.454 e. The minimum absolute atomic E-state index is 0.204. The number of aromatic nitrogens is 2. The summed E-state index contributed by atoms with van der Waals surface area (Å²) >= 11 is 3.18. The maximum absolute atomic E-state index is 13.6. The summed E-state index contributed by atoms with van der Waals surface area (Å²) in [4.78, 5) is 4.19. The van der Waals surface area contributed by atoms with Crippen molar-refractivity contribution < 1.29 is 13.9 Å². The number of imidazole rings is 1. The van der Waals surface area contributed by atoms with Gasteiger partial charge in [0.1, 0.15) is 5.82 Å². The predicted octanol–water partition coefficient (Wildman–Crippen LogP) is 3.24. The van der Waals surface area contributed by atoms with Gasteiger partial charge in [-0.05, 0) is 34.1 Å². The first-order valence-electron chi connectivity index (χ1n) is 6.16. The molecule has 5 nitrogen and oxygen atoms in total. The number of fused-ring (bicyclic) bond motifs is 2. The van der Waals surface area contributed by atoms with Crippen LogP contribution < -0.4 is 15.2 Å². The predicted molar refractivity (Wildman–Crippen MR) is 79.3 cm³/mol. The van der Waals surface area contributed by atoms with Crippen molar-refractivity contribution >= 4 is 32.9 Å². The quantitative estimate of drug-likeness (QED) is 0.732. The zero-order chi connectivity index (χ0) is 14.6. The maximum atomic E-state index is 13.6. The van der Waals surface area contributed by atoms with Gasteiger partial charge in [0, 0.05) is 12.1 Å². The Kier molecular flexibility index (Phi) is 2.58. The average molecular weight is 350 g/mol. The lowest BCUT2D eigenvalue weighted by molar-refractivity contribution is 0.174. The Labute approximate surface area is 127 Å². The first kappa shape index (κ1) is 12.5. The molecular weight excluding hydrogens is 341 g/mol. The Balaban J connectivity index is 1.97. The monoisotopic (exact) mass is 349 g/mol. The van der Waals surface area contributed by atoms with Crippen LogP contribution in [0.3, 0.4) is 0 Å². The molecule has 1 aliphatic rings. The number of rotatable bonds is 1. The summed E-state index contributed by atoms with van der Waals surface area (Å²) in [5.41, 5.74) is 7.95. The summed E-state index contributed by atoms with van der Waals surface area (Å²) in [7, 11) is 0. The van der Waals surface area contributed by atoms with E-state index in [0.29, 0.717) is 27.0 Å². The number of ether oxygens (including phenoxy) is 2. The molecule has 0 saturated heterocycles. The molecular formula is C14H9BrFN3O2. The Bertz CT molecular complexity index is 878. The Hall–Kier alpha value is -2.28. The molecule has 0 radical (unpaired) electrons. The minimum atomic E-state index is -0.377. The highest BCUT2D eigenvalue weighted by molar-refractivity contribution is 9.10. The lowest BCUT2D eigenvalue weighted by Gasteiger charge is -2.08. The van der Waals surface area contributed by atoms with E-state index in [-0.39, 0.29) is 18.6 Å². The highest BCUT2D eigenvalue weighted by atomic mass is 79.9. The molecule has 21 heavy (non-hydrogen) atoms. The van der Waals surface area contributed by atoms with Crippen LogP contribution in [0.2, 0.25) is 0 Å². The number of nitrogens with two attached hydrogens (primary N) is 1. The molecule has 3 aromatic rings. The van der Waals surface area contributed by atoms with Crippen molar-refractivity contribution in [1.29, 1.82) is 0 Å². The number of halogens is 2. The molecule has 0 atom stereocenters. The lowest BCUT2D eigenvalue weighted by Crippen LogP contribution is -2.00. The highest BCUT2D eigenvalue weighted by Crippen LogP contribution is 2.35. The van der Waals surface area contributed by atoms with Crippen LogP contribution in [0.15, 0.2) is 34.8 Å². The summed E-state index contributed by atoms with van der Waals surface area (Å²) in [6, 6.07) is 8.47. The van der Waals surface area contributed by atoms with Gasteiger partial charge < -0.3 is 15.2 Å². The van der Waals surface area contributed by atoms with Crippen LogP contribution in [0, 0.1) is 5.82 Å². The van der Waals surface area contributed by atoms with Gasteiger partial charge in [0.05, 0.1) is 21.2 Å². The summed E-state index contributed by atoms with van der Waals surface area (Å²) < 4.78 is 26.3. The lowest BCUT2D eigenvalue weighted by atomic mass is 10.2. The third-order valence-corrected chi connectivity index (χ3v) is 3.94. The zero-order valence-electron chi connectivity index (χ0n) is 10.6. The van der Waals surface area contributed by atoms with Crippen LogP contribution >= 0.6 is 15.9 Å². The Morgan fingerprint density at radius 2 is 2.00 bits per heavy atom. The largest absolute Gasteiger partial charge is 0.454 e. The van der Waals surface area contributed by atoms with E-state index in [1.165, 1.54) is 6.07 Å². The number of nitrogens with zero attached hydrogens (tertiary/aromatic N) is 2. The third kappa shape index (κ3) is 1.84. The number of benzene rings is 2. The summed E-state index contributed by atoms with van der Waals surface area (Å²) in [6.45, 7) is 0.204. The topological polar surface area (TPSA) is 62.3 Å². The fourth-order valence-corrected chi connectivity index (χ4v) is 2.72. The van der Waals surface area contributed by atoms with Crippen molar-refractivity contribution in [2.45, 2.75) is 0 Å². The van der Waals surface area contributed by atoms with Crippen molar-refractivity contribution in [2.75, 3.05) is 12.5 Å². The van der Waals surface area contributed by atoms with E-state index in [1.54, 1.807) is 10.6 Å². The van der Waals surface area contributed by atoms with E-state index in [4.69, 9.17) is 15.2 Å². The number of hydrogen-bond donors (Lipinski definition) is 1. The summed E-state index contributed by atoms with van der Waals surface area (Å²) in [5, 5.41) is 0. The fourth-order valence-electron chi connectivity index (χ4n) is 2.39. The maximum Gasteiger partial charge on any atom is 0.231 e. The Morgan fingerprint density at radius 1 is 1.19 bits per heavy atom. The van der Waals surface area contributed by atoms with Crippen molar-refractivity contribution in [2.24, 2.45) is 0 Å². The van der Waals surface area contributed by atoms with Gasteiger partial charge in [-0.3, -0.25) is 4.57 Å². The second-order valence-corrected chi connectivity index (χ2v) is 5.45. The zero-order valence-corrected chi connectivity index (χ0v) is 12.2. The van der Waals surface area contributed by atoms with Crippen LogP contribution in [0.4, 0.5) is 10.3 Å². The van der Waals surface area contributed by atoms with Crippen molar-refractivity contribution in [3.63, 3.8) is 0 Å². The van der Waals surface area contributed by atoms with Crippen LogP contribution in [0.25, 0.3) is 16.7 Å². The van der Waals surface area contributed by atoms with Gasteiger partial charge >= 0.3 is 0 Å². The molecule has 1 aromatic heterocycles. The first-order valence-corrected chi connectivity index (χ1v) is 6.96. The molecule has 0 bridgehead atoms. The highest BCUT2D eigenvalue weighted by Gasteiger charge is 2.17. The van der Waals surface area contributed by atoms with E-state index in [9.17, 15) is 4.39 Å². The number of nitrogen functional groups attached to an aromatic ring is 1. The molecule has 2 N–H and O–H groups in total. The molecule has 0 amide bonds. The molecule has 1 aliphatic heterocycles. The fraction of sp³-hybridized carbons (Fsp3) is 0.0714. The van der Waals surface area contributed by atoms with E-state index in [1.807, 2.05) is 18.2 Å². The van der Waals surface area contributed by atoms with E-state index in [2.05, 4.69) is 20.9 Å². The van der Waals surface area contributed by atoms with Crippen LogP contribution in [-0.2, 0) is 0 Å². The van der Waals surface area contributed by atoms with Gasteiger partial charge in [0.2, 0.25) is 12.7 Å². The van der Waals surface area contributed by atoms with Crippen molar-refractivity contribution in [3.8, 4) is 17.2 Å². The van der Waals surface area contributed by atoms with E-state index >= 15 is 0 Å². The number of anilines is 1. The molecule has 2 aromatic carbocycles. The Morgan fingerprint density at radius 3 is 2.86 bits per heavy atom. The first-order chi connectivity index (χ1) is 10.1. The van der Waals surface area contributed by atoms with Crippen LogP contribution in [-0.4, -0.2) is 16.3 Å². The van der Waals surface area contributed by atoms with Gasteiger partial charge in [-0.25, -0.2) is 9.37 Å². The third-order valence-electron chi connectivity index (χ3n) is 3.34. The molecule has 0 unspecified atom stereocenters. The van der Waals surface area contributed by atoms with Gasteiger partial charge in [-0.1, -0.05) is 0 Å². The molecule has 0 saturated carbocycles. The smallest absolute Gasteiger partial charge is 0.231 e. The van der Waals surface area contributed by atoms with Gasteiger partial charge in [0.25, 0.3) is 0 Å². The summed E-state index contributed by atoms with van der Waals surface area (Å²) in [6.07, 6.45) is 0. The van der Waals surface area contributed by atoms with Crippen molar-refractivity contribution in [1.82, 2.24) is 9.55 Å².